The lowest BCUT2D eigenvalue weighted by Crippen LogP contribution is -2.32. The van der Waals surface area contributed by atoms with Gasteiger partial charge in [-0.2, -0.15) is 0 Å². The Kier molecular flexibility index (Phi) is 8.57. The second kappa shape index (κ2) is 8.97. The number of hydrogen-bond donors (Lipinski definition) is 2. The van der Waals surface area contributed by atoms with Crippen LogP contribution in [-0.2, 0) is 9.53 Å². The topological polar surface area (TPSA) is 50.4 Å². The van der Waals surface area contributed by atoms with Gasteiger partial charge in [0.2, 0.25) is 5.91 Å². The zero-order chi connectivity index (χ0) is 10.8. The molecule has 0 radical (unpaired) electrons. The van der Waals surface area contributed by atoms with E-state index in [1.54, 1.807) is 7.11 Å². The molecule has 0 aromatic rings. The first-order valence-corrected chi connectivity index (χ1v) is 5.20. The van der Waals surface area contributed by atoms with Crippen LogP contribution in [0.15, 0.2) is 0 Å². The van der Waals surface area contributed by atoms with Crippen molar-refractivity contribution in [2.45, 2.75) is 32.8 Å². The first-order chi connectivity index (χ1) is 6.70. The molecule has 0 saturated carbocycles. The Hall–Kier alpha value is -0.610. The van der Waals surface area contributed by atoms with E-state index in [-0.39, 0.29) is 12.0 Å². The van der Waals surface area contributed by atoms with Crippen molar-refractivity contribution < 1.29 is 9.53 Å². The van der Waals surface area contributed by atoms with Gasteiger partial charge in [-0.3, -0.25) is 4.79 Å². The van der Waals surface area contributed by atoms with Gasteiger partial charge in [-0.25, -0.2) is 0 Å². The number of hydrogen-bond acceptors (Lipinski definition) is 3. The molecule has 0 heterocycles. The van der Waals surface area contributed by atoms with Crippen LogP contribution < -0.4 is 10.6 Å². The van der Waals surface area contributed by atoms with E-state index in [4.69, 9.17) is 4.74 Å². The van der Waals surface area contributed by atoms with Gasteiger partial charge in [0.1, 0.15) is 0 Å². The van der Waals surface area contributed by atoms with Gasteiger partial charge >= 0.3 is 0 Å². The van der Waals surface area contributed by atoms with Crippen molar-refractivity contribution in [2.75, 3.05) is 26.7 Å². The molecule has 1 unspecified atom stereocenters. The minimum atomic E-state index is 0.104. The average Bonchev–Trinajstić information content (AvgIpc) is 2.21. The number of ether oxygens (including phenoxy) is 1. The van der Waals surface area contributed by atoms with Crippen LogP contribution in [0.2, 0.25) is 0 Å². The summed E-state index contributed by atoms with van der Waals surface area (Å²) < 4.78 is 5.05. The Morgan fingerprint density at radius 1 is 1.43 bits per heavy atom. The summed E-state index contributed by atoms with van der Waals surface area (Å²) in [5, 5.41) is 5.98. The van der Waals surface area contributed by atoms with Gasteiger partial charge in [0.25, 0.3) is 0 Å². The van der Waals surface area contributed by atoms with Crippen molar-refractivity contribution in [3.8, 4) is 0 Å². The number of carbonyl (C=O) groups excluding carboxylic acids is 1. The maximum Gasteiger partial charge on any atom is 0.220 e. The van der Waals surface area contributed by atoms with Gasteiger partial charge in [-0.05, 0) is 19.9 Å². The van der Waals surface area contributed by atoms with Crippen molar-refractivity contribution in [3.05, 3.63) is 0 Å². The summed E-state index contributed by atoms with van der Waals surface area (Å²) >= 11 is 0. The molecule has 0 fully saturated rings. The Balaban J connectivity index is 3.28. The van der Waals surface area contributed by atoms with E-state index in [0.29, 0.717) is 13.0 Å². The highest BCUT2D eigenvalue weighted by Crippen LogP contribution is 1.98. The van der Waals surface area contributed by atoms with Crippen LogP contribution >= 0.6 is 0 Å². The van der Waals surface area contributed by atoms with Crippen molar-refractivity contribution in [2.24, 2.45) is 0 Å². The molecule has 1 amide bonds. The minimum absolute atomic E-state index is 0.104. The lowest BCUT2D eigenvalue weighted by molar-refractivity contribution is -0.121. The normalized spacial score (nSPS) is 12.5. The van der Waals surface area contributed by atoms with E-state index >= 15 is 0 Å². The highest BCUT2D eigenvalue weighted by atomic mass is 16.5. The summed E-state index contributed by atoms with van der Waals surface area (Å²) in [6.07, 6.45) is 1.49. The first-order valence-electron chi connectivity index (χ1n) is 5.20. The summed E-state index contributed by atoms with van der Waals surface area (Å²) in [4.78, 5) is 11.2. The monoisotopic (exact) mass is 202 g/mol. The third-order valence-corrected chi connectivity index (χ3v) is 2.05. The standard InChI is InChI=1S/C10H22N2O2/c1-4-11-7-8-12-10(13)6-5-9(2)14-3/h9,11H,4-8H2,1-3H3,(H,12,13). The lowest BCUT2D eigenvalue weighted by Gasteiger charge is -2.09. The van der Waals surface area contributed by atoms with E-state index in [1.165, 1.54) is 0 Å². The number of likely N-dealkylation sites (N-methyl/N-ethyl adjacent to an activating group) is 1. The van der Waals surface area contributed by atoms with E-state index in [9.17, 15) is 4.79 Å². The fourth-order valence-electron chi connectivity index (χ4n) is 1.01. The van der Waals surface area contributed by atoms with Crippen LogP contribution in [0, 0.1) is 0 Å². The lowest BCUT2D eigenvalue weighted by atomic mass is 10.2. The van der Waals surface area contributed by atoms with Crippen LogP contribution in [0.5, 0.6) is 0 Å². The molecule has 0 aliphatic carbocycles. The first kappa shape index (κ1) is 13.4. The number of carbonyl (C=O) groups is 1. The van der Waals surface area contributed by atoms with E-state index < -0.39 is 0 Å². The molecule has 0 aromatic carbocycles. The molecule has 0 saturated heterocycles. The highest BCUT2D eigenvalue weighted by molar-refractivity contribution is 5.75. The summed E-state index contributed by atoms with van der Waals surface area (Å²) in [7, 11) is 1.66. The number of nitrogens with one attached hydrogen (secondary N) is 2. The Morgan fingerprint density at radius 3 is 2.71 bits per heavy atom. The van der Waals surface area contributed by atoms with Crippen molar-refractivity contribution in [3.63, 3.8) is 0 Å². The average molecular weight is 202 g/mol. The molecule has 4 nitrogen and oxygen atoms in total. The van der Waals surface area contributed by atoms with Crippen LogP contribution in [0.25, 0.3) is 0 Å². The zero-order valence-corrected chi connectivity index (χ0v) is 9.43. The zero-order valence-electron chi connectivity index (χ0n) is 9.43. The van der Waals surface area contributed by atoms with Gasteiger partial charge in [0.15, 0.2) is 0 Å². The van der Waals surface area contributed by atoms with Gasteiger partial charge < -0.3 is 15.4 Å². The van der Waals surface area contributed by atoms with E-state index in [0.717, 1.165) is 19.5 Å². The molecule has 0 aromatic heterocycles. The predicted octanol–water partition coefficient (Wildman–Crippen LogP) is 0.527. The largest absolute Gasteiger partial charge is 0.382 e. The van der Waals surface area contributed by atoms with Crippen LogP contribution in [0.4, 0.5) is 0 Å². The third-order valence-electron chi connectivity index (χ3n) is 2.05. The fraction of sp³-hybridized carbons (Fsp3) is 0.900. The Labute approximate surface area is 86.4 Å². The molecule has 84 valence electrons. The van der Waals surface area contributed by atoms with Crippen LogP contribution in [0.1, 0.15) is 26.7 Å². The van der Waals surface area contributed by atoms with Crippen molar-refractivity contribution in [1.82, 2.24) is 10.6 Å². The second-order valence-electron chi connectivity index (χ2n) is 3.29. The number of amides is 1. The Morgan fingerprint density at radius 2 is 2.14 bits per heavy atom. The van der Waals surface area contributed by atoms with E-state index in [1.807, 2.05) is 13.8 Å². The van der Waals surface area contributed by atoms with Gasteiger partial charge in [-0.1, -0.05) is 6.92 Å². The van der Waals surface area contributed by atoms with E-state index in [2.05, 4.69) is 10.6 Å². The summed E-state index contributed by atoms with van der Waals surface area (Å²) in [5.74, 6) is 0.104. The van der Waals surface area contributed by atoms with Crippen molar-refractivity contribution >= 4 is 5.91 Å². The molecule has 0 aliphatic rings. The summed E-state index contributed by atoms with van der Waals surface area (Å²) in [6, 6.07) is 0. The molecule has 4 heteroatoms. The summed E-state index contributed by atoms with van der Waals surface area (Å²) in [6.45, 7) is 6.49. The second-order valence-corrected chi connectivity index (χ2v) is 3.29. The highest BCUT2D eigenvalue weighted by Gasteiger charge is 2.04. The molecule has 0 rings (SSSR count). The molecule has 14 heavy (non-hydrogen) atoms. The van der Waals surface area contributed by atoms with Crippen LogP contribution in [-0.4, -0.2) is 38.8 Å². The number of rotatable bonds is 8. The molecule has 2 N–H and O–H groups in total. The number of methoxy groups -OCH3 is 1. The van der Waals surface area contributed by atoms with Crippen LogP contribution in [0.3, 0.4) is 0 Å². The molecule has 0 bridgehead atoms. The van der Waals surface area contributed by atoms with Gasteiger partial charge in [-0.15, -0.1) is 0 Å². The molecular weight excluding hydrogens is 180 g/mol. The SMILES string of the molecule is CCNCCNC(=O)CCC(C)OC. The molecule has 0 aliphatic heterocycles. The van der Waals surface area contributed by atoms with Crippen molar-refractivity contribution in [1.29, 1.82) is 0 Å². The maximum atomic E-state index is 11.2. The minimum Gasteiger partial charge on any atom is -0.382 e. The molecule has 0 spiro atoms. The fourth-order valence-corrected chi connectivity index (χ4v) is 1.01. The smallest absolute Gasteiger partial charge is 0.220 e. The summed E-state index contributed by atoms with van der Waals surface area (Å²) in [5.41, 5.74) is 0. The van der Waals surface area contributed by atoms with Gasteiger partial charge in [0, 0.05) is 26.6 Å². The third kappa shape index (κ3) is 8.01. The Bertz CT molecular complexity index is 151. The molecule has 1 atom stereocenters. The predicted molar refractivity (Wildman–Crippen MR) is 57.3 cm³/mol. The maximum absolute atomic E-state index is 11.2. The molecular formula is C10H22N2O2. The quantitative estimate of drug-likeness (QED) is 0.564. The van der Waals surface area contributed by atoms with Gasteiger partial charge in [0.05, 0.1) is 6.10 Å².